The molecule has 0 aliphatic carbocycles. The Kier molecular flexibility index (Phi) is 5.53. The second-order valence-corrected chi connectivity index (χ2v) is 8.95. The molecule has 148 valence electrons. The van der Waals surface area contributed by atoms with Crippen LogP contribution in [0.25, 0.3) is 0 Å². The third-order valence-corrected chi connectivity index (χ3v) is 6.98. The molecule has 0 aromatic heterocycles. The predicted molar refractivity (Wildman–Crippen MR) is 110 cm³/mol. The third kappa shape index (κ3) is 4.05. The van der Waals surface area contributed by atoms with E-state index in [1.165, 1.54) is 38.9 Å². The van der Waals surface area contributed by atoms with Crippen molar-refractivity contribution in [3.8, 4) is 0 Å². The molecule has 0 radical (unpaired) electrons. The number of hydrogen-bond donors (Lipinski definition) is 0. The number of likely N-dealkylation sites (tertiary alicyclic amines) is 1. The van der Waals surface area contributed by atoms with Crippen LogP contribution >= 0.6 is 0 Å². The Morgan fingerprint density at radius 3 is 2.52 bits per heavy atom. The molecule has 0 N–H and O–H groups in total. The summed E-state index contributed by atoms with van der Waals surface area (Å²) < 4.78 is 0. The number of anilines is 1. The van der Waals surface area contributed by atoms with Crippen LogP contribution in [0.2, 0.25) is 0 Å². The van der Waals surface area contributed by atoms with E-state index in [1.807, 2.05) is 35.2 Å². The quantitative estimate of drug-likeness (QED) is 0.816. The first-order valence-electron chi connectivity index (χ1n) is 10.5. The molecule has 27 heavy (non-hydrogen) atoms. The van der Waals surface area contributed by atoms with Crippen LogP contribution in [-0.4, -0.2) is 86.1 Å². The Hall–Kier alpha value is -1.43. The van der Waals surface area contributed by atoms with E-state index < -0.39 is 0 Å². The summed E-state index contributed by atoms with van der Waals surface area (Å²) in [6.45, 7) is 7.88. The summed E-state index contributed by atoms with van der Waals surface area (Å²) in [6.07, 6.45) is 4.46. The van der Waals surface area contributed by atoms with E-state index >= 15 is 0 Å². The Morgan fingerprint density at radius 2 is 1.78 bits per heavy atom. The molecule has 1 aromatic carbocycles. The lowest BCUT2D eigenvalue weighted by Gasteiger charge is -2.48. The summed E-state index contributed by atoms with van der Waals surface area (Å²) in [5, 5.41) is 0. The molecule has 0 bridgehead atoms. The molecule has 1 aromatic rings. The molecule has 0 unspecified atom stereocenters. The second kappa shape index (κ2) is 7.90. The summed E-state index contributed by atoms with van der Waals surface area (Å²) in [5.41, 5.74) is 1.40. The highest BCUT2D eigenvalue weighted by Crippen LogP contribution is 2.32. The van der Waals surface area contributed by atoms with Crippen LogP contribution in [0.1, 0.15) is 25.7 Å². The fourth-order valence-electron chi connectivity index (χ4n) is 5.34. The van der Waals surface area contributed by atoms with E-state index in [0.29, 0.717) is 17.9 Å². The summed E-state index contributed by atoms with van der Waals surface area (Å²) >= 11 is 0. The molecular formula is C22H34N4O. The monoisotopic (exact) mass is 370 g/mol. The zero-order valence-corrected chi connectivity index (χ0v) is 16.9. The minimum Gasteiger partial charge on any atom is -0.312 e. The van der Waals surface area contributed by atoms with Gasteiger partial charge >= 0.3 is 0 Å². The average molecular weight is 371 g/mol. The van der Waals surface area contributed by atoms with Crippen LogP contribution in [0.15, 0.2) is 30.3 Å². The standard InChI is InChI=1S/C22H34N4O/c1-23-11-6-12-24(2)22(18-23)9-13-25(14-10-22)16-19-15-21(27)26(17-19)20-7-4-3-5-8-20/h3-5,7-8,19H,6,9-18H2,1-2H3/t19-/m0/s1. The van der Waals surface area contributed by atoms with Gasteiger partial charge in [-0.25, -0.2) is 0 Å². The maximum absolute atomic E-state index is 12.5. The number of hydrogen-bond acceptors (Lipinski definition) is 4. The molecular weight excluding hydrogens is 336 g/mol. The van der Waals surface area contributed by atoms with Gasteiger partial charge in [0.25, 0.3) is 0 Å². The smallest absolute Gasteiger partial charge is 0.227 e. The van der Waals surface area contributed by atoms with E-state index in [4.69, 9.17) is 0 Å². The molecule has 4 rings (SSSR count). The first-order chi connectivity index (χ1) is 13.1. The van der Waals surface area contributed by atoms with E-state index in [1.54, 1.807) is 0 Å². The lowest BCUT2D eigenvalue weighted by atomic mass is 9.85. The lowest BCUT2D eigenvalue weighted by molar-refractivity contribution is -0.117. The lowest BCUT2D eigenvalue weighted by Crippen LogP contribution is -2.58. The van der Waals surface area contributed by atoms with Crippen LogP contribution < -0.4 is 4.90 Å². The molecule has 1 spiro atoms. The van der Waals surface area contributed by atoms with Crippen molar-refractivity contribution >= 4 is 11.6 Å². The SMILES string of the molecule is CN1CCCN(C)C2(CCN(C[C@@H]3CC(=O)N(c4ccccc4)C3)CC2)C1. The van der Waals surface area contributed by atoms with Gasteiger partial charge in [0.1, 0.15) is 0 Å². The molecule has 5 nitrogen and oxygen atoms in total. The van der Waals surface area contributed by atoms with Crippen molar-refractivity contribution in [1.82, 2.24) is 14.7 Å². The minimum absolute atomic E-state index is 0.282. The van der Waals surface area contributed by atoms with Gasteiger partial charge in [0, 0.05) is 37.3 Å². The number of para-hydroxylation sites is 1. The van der Waals surface area contributed by atoms with Gasteiger partial charge < -0.3 is 14.7 Å². The van der Waals surface area contributed by atoms with E-state index in [-0.39, 0.29) is 5.91 Å². The zero-order valence-electron chi connectivity index (χ0n) is 16.9. The van der Waals surface area contributed by atoms with Crippen molar-refractivity contribution in [2.45, 2.75) is 31.2 Å². The van der Waals surface area contributed by atoms with Gasteiger partial charge in [-0.1, -0.05) is 18.2 Å². The van der Waals surface area contributed by atoms with Crippen molar-refractivity contribution < 1.29 is 4.79 Å². The van der Waals surface area contributed by atoms with Crippen LogP contribution in [-0.2, 0) is 4.79 Å². The Bertz CT molecular complexity index is 641. The first-order valence-corrected chi connectivity index (χ1v) is 10.5. The van der Waals surface area contributed by atoms with E-state index in [9.17, 15) is 4.79 Å². The summed E-state index contributed by atoms with van der Waals surface area (Å²) in [4.78, 5) is 22.2. The Labute approximate surface area is 163 Å². The zero-order chi connectivity index (χ0) is 18.9. The second-order valence-electron chi connectivity index (χ2n) is 8.95. The fourth-order valence-corrected chi connectivity index (χ4v) is 5.34. The number of piperidine rings is 1. The van der Waals surface area contributed by atoms with E-state index in [0.717, 1.165) is 31.9 Å². The molecule has 3 heterocycles. The highest BCUT2D eigenvalue weighted by molar-refractivity contribution is 5.95. The number of likely N-dealkylation sites (N-methyl/N-ethyl adjacent to an activating group) is 2. The summed E-state index contributed by atoms with van der Waals surface area (Å²) in [5.74, 6) is 0.742. The van der Waals surface area contributed by atoms with Crippen LogP contribution in [0.5, 0.6) is 0 Å². The van der Waals surface area contributed by atoms with Gasteiger partial charge in [0.2, 0.25) is 5.91 Å². The number of carbonyl (C=O) groups excluding carboxylic acids is 1. The van der Waals surface area contributed by atoms with Crippen LogP contribution in [0.4, 0.5) is 5.69 Å². The van der Waals surface area contributed by atoms with Gasteiger partial charge in [0.05, 0.1) is 0 Å². The maximum Gasteiger partial charge on any atom is 0.227 e. The number of nitrogens with zero attached hydrogens (tertiary/aromatic N) is 4. The van der Waals surface area contributed by atoms with Crippen molar-refractivity contribution in [2.24, 2.45) is 5.92 Å². The van der Waals surface area contributed by atoms with Gasteiger partial charge in [0.15, 0.2) is 0 Å². The highest BCUT2D eigenvalue weighted by atomic mass is 16.2. The number of carbonyl (C=O) groups is 1. The average Bonchev–Trinajstić information content (AvgIpc) is 2.97. The molecule has 3 saturated heterocycles. The molecule has 3 aliphatic rings. The molecule has 5 heteroatoms. The van der Waals surface area contributed by atoms with Gasteiger partial charge in [-0.05, 0) is 77.6 Å². The Morgan fingerprint density at radius 1 is 1.04 bits per heavy atom. The summed E-state index contributed by atoms with van der Waals surface area (Å²) in [7, 11) is 4.60. The van der Waals surface area contributed by atoms with E-state index in [2.05, 4.69) is 28.8 Å². The number of amides is 1. The minimum atomic E-state index is 0.282. The van der Waals surface area contributed by atoms with Gasteiger partial charge in [-0.15, -0.1) is 0 Å². The maximum atomic E-state index is 12.5. The highest BCUT2D eigenvalue weighted by Gasteiger charge is 2.41. The van der Waals surface area contributed by atoms with Crippen molar-refractivity contribution in [2.75, 3.05) is 64.8 Å². The topological polar surface area (TPSA) is 30.0 Å². The molecule has 0 saturated carbocycles. The predicted octanol–water partition coefficient (Wildman–Crippen LogP) is 2.14. The van der Waals surface area contributed by atoms with Crippen molar-refractivity contribution in [3.63, 3.8) is 0 Å². The molecule has 1 atom stereocenters. The third-order valence-electron chi connectivity index (χ3n) is 6.98. The Balaban J connectivity index is 1.33. The van der Waals surface area contributed by atoms with Crippen LogP contribution in [0, 0.1) is 5.92 Å². The first kappa shape index (κ1) is 18.9. The molecule has 3 aliphatic heterocycles. The molecule has 1 amide bonds. The van der Waals surface area contributed by atoms with Gasteiger partial charge in [-0.2, -0.15) is 0 Å². The molecule has 3 fully saturated rings. The number of benzene rings is 1. The van der Waals surface area contributed by atoms with Crippen molar-refractivity contribution in [3.05, 3.63) is 30.3 Å². The number of rotatable bonds is 3. The normalized spacial score (nSPS) is 28.0. The van der Waals surface area contributed by atoms with Crippen LogP contribution in [0.3, 0.4) is 0 Å². The fraction of sp³-hybridized carbons (Fsp3) is 0.682. The van der Waals surface area contributed by atoms with Gasteiger partial charge in [-0.3, -0.25) is 9.69 Å². The summed E-state index contributed by atoms with van der Waals surface area (Å²) in [6, 6.07) is 10.1. The van der Waals surface area contributed by atoms with Crippen molar-refractivity contribution in [1.29, 1.82) is 0 Å². The largest absolute Gasteiger partial charge is 0.312 e.